The van der Waals surface area contributed by atoms with Crippen molar-refractivity contribution in [2.75, 3.05) is 5.75 Å². The maximum absolute atomic E-state index is 13.9. The van der Waals surface area contributed by atoms with E-state index in [1.54, 1.807) is 0 Å². The van der Waals surface area contributed by atoms with Gasteiger partial charge in [-0.05, 0) is 18.6 Å². The maximum Gasteiger partial charge on any atom is 0.348 e. The van der Waals surface area contributed by atoms with Gasteiger partial charge in [0.15, 0.2) is 5.16 Å². The fraction of sp³-hybridized carbons (Fsp3) is 0.182. The Morgan fingerprint density at radius 3 is 2.80 bits per heavy atom. The van der Waals surface area contributed by atoms with Crippen LogP contribution in [0.25, 0.3) is 5.69 Å². The third kappa shape index (κ3) is 2.72. The van der Waals surface area contributed by atoms with Gasteiger partial charge in [0, 0.05) is 6.07 Å². The van der Waals surface area contributed by atoms with Gasteiger partial charge in [-0.1, -0.05) is 11.8 Å². The molecule has 2 N–H and O–H groups in total. The number of aromatic amines is 1. The second-order valence-electron chi connectivity index (χ2n) is 3.88. The maximum atomic E-state index is 13.9. The van der Waals surface area contributed by atoms with Gasteiger partial charge in [-0.25, -0.2) is 23.2 Å². The lowest BCUT2D eigenvalue weighted by atomic mass is 10.2. The van der Waals surface area contributed by atoms with Crippen molar-refractivity contribution in [3.05, 3.63) is 39.8 Å². The number of nitrogens with one attached hydrogen (secondary N) is 1. The SMILES string of the molecule is Cc1cc(F)c(-n2c(SCC(=O)O)n[nH]c2=O)cc1F. The summed E-state index contributed by atoms with van der Waals surface area (Å²) in [7, 11) is 0. The summed E-state index contributed by atoms with van der Waals surface area (Å²) in [5.74, 6) is -2.96. The average Bonchev–Trinajstić information content (AvgIpc) is 2.73. The first-order chi connectivity index (χ1) is 9.40. The fourth-order valence-corrected chi connectivity index (χ4v) is 2.20. The molecule has 0 aliphatic carbocycles. The van der Waals surface area contributed by atoms with E-state index in [0.29, 0.717) is 0 Å². The number of benzene rings is 1. The highest BCUT2D eigenvalue weighted by Crippen LogP contribution is 2.22. The van der Waals surface area contributed by atoms with Gasteiger partial charge in [-0.3, -0.25) is 4.79 Å². The molecule has 0 bridgehead atoms. The summed E-state index contributed by atoms with van der Waals surface area (Å²) in [6.45, 7) is 1.39. The van der Waals surface area contributed by atoms with Gasteiger partial charge in [0.2, 0.25) is 0 Å². The van der Waals surface area contributed by atoms with Crippen molar-refractivity contribution in [3.63, 3.8) is 0 Å². The summed E-state index contributed by atoms with van der Waals surface area (Å²) >= 11 is 0.722. The molecule has 0 atom stereocenters. The molecule has 9 heteroatoms. The number of rotatable bonds is 4. The van der Waals surface area contributed by atoms with E-state index in [4.69, 9.17) is 5.11 Å². The molecular weight excluding hydrogens is 292 g/mol. The minimum absolute atomic E-state index is 0.0560. The highest BCUT2D eigenvalue weighted by atomic mass is 32.2. The van der Waals surface area contributed by atoms with Crippen molar-refractivity contribution in [3.8, 4) is 5.69 Å². The van der Waals surface area contributed by atoms with Gasteiger partial charge in [-0.2, -0.15) is 0 Å². The quantitative estimate of drug-likeness (QED) is 0.832. The lowest BCUT2D eigenvalue weighted by Gasteiger charge is -2.07. The molecule has 2 rings (SSSR count). The zero-order chi connectivity index (χ0) is 14.9. The highest BCUT2D eigenvalue weighted by molar-refractivity contribution is 7.99. The fourth-order valence-electron chi connectivity index (χ4n) is 1.53. The molecule has 0 spiro atoms. The van der Waals surface area contributed by atoms with E-state index in [-0.39, 0.29) is 22.2 Å². The lowest BCUT2D eigenvalue weighted by molar-refractivity contribution is -0.133. The Balaban J connectivity index is 2.52. The molecular formula is C11H9F2N3O3S. The number of aliphatic carboxylic acids is 1. The molecule has 0 amide bonds. The topological polar surface area (TPSA) is 88.0 Å². The van der Waals surface area contributed by atoms with Crippen LogP contribution in [0.4, 0.5) is 8.78 Å². The number of carbonyl (C=O) groups is 1. The van der Waals surface area contributed by atoms with E-state index in [0.717, 1.165) is 28.5 Å². The molecule has 0 aliphatic rings. The third-order valence-corrected chi connectivity index (χ3v) is 3.36. The van der Waals surface area contributed by atoms with Gasteiger partial charge in [0.05, 0.1) is 11.4 Å². The minimum atomic E-state index is -1.12. The summed E-state index contributed by atoms with van der Waals surface area (Å²) in [6, 6.07) is 1.82. The molecule has 0 radical (unpaired) electrons. The smallest absolute Gasteiger partial charge is 0.348 e. The van der Waals surface area contributed by atoms with Crippen LogP contribution in [-0.4, -0.2) is 31.6 Å². The van der Waals surface area contributed by atoms with Crippen molar-refractivity contribution in [1.29, 1.82) is 0 Å². The Hall–Kier alpha value is -2.16. The Kier molecular flexibility index (Phi) is 3.89. The van der Waals surface area contributed by atoms with E-state index in [1.165, 1.54) is 6.92 Å². The number of H-pyrrole nitrogens is 1. The predicted molar refractivity (Wildman–Crippen MR) is 67.2 cm³/mol. The number of thioether (sulfide) groups is 1. The summed E-state index contributed by atoms with van der Waals surface area (Å²) in [4.78, 5) is 22.1. The van der Waals surface area contributed by atoms with Crippen molar-refractivity contribution in [2.24, 2.45) is 0 Å². The van der Waals surface area contributed by atoms with Gasteiger partial charge >= 0.3 is 11.7 Å². The molecule has 1 aromatic heterocycles. The number of halogens is 2. The van der Waals surface area contributed by atoms with Crippen molar-refractivity contribution >= 4 is 17.7 Å². The second kappa shape index (κ2) is 5.45. The van der Waals surface area contributed by atoms with Crippen LogP contribution in [0.15, 0.2) is 22.1 Å². The van der Waals surface area contributed by atoms with Crippen LogP contribution < -0.4 is 5.69 Å². The number of carboxylic acids is 1. The van der Waals surface area contributed by atoms with Crippen molar-refractivity contribution < 1.29 is 18.7 Å². The van der Waals surface area contributed by atoms with Crippen LogP contribution in [0.1, 0.15) is 5.56 Å². The van der Waals surface area contributed by atoms with Crippen molar-refractivity contribution in [1.82, 2.24) is 14.8 Å². The molecule has 20 heavy (non-hydrogen) atoms. The standard InChI is InChI=1S/C11H9F2N3O3S/c1-5-2-7(13)8(3-6(5)12)16-10(19)14-15-11(16)20-4-9(17)18/h2-3H,4H2,1H3,(H,14,19)(H,17,18). The first kappa shape index (κ1) is 14.3. The first-order valence-corrected chi connectivity index (χ1v) is 6.36. The molecule has 1 aromatic carbocycles. The molecule has 0 unspecified atom stereocenters. The minimum Gasteiger partial charge on any atom is -0.481 e. The monoisotopic (exact) mass is 301 g/mol. The van der Waals surface area contributed by atoms with Crippen LogP contribution in [0, 0.1) is 18.6 Å². The van der Waals surface area contributed by atoms with E-state index < -0.39 is 23.3 Å². The van der Waals surface area contributed by atoms with E-state index in [2.05, 4.69) is 10.2 Å². The first-order valence-electron chi connectivity index (χ1n) is 5.38. The summed E-state index contributed by atoms with van der Waals surface area (Å²) in [5, 5.41) is 14.2. The number of carboxylic acid groups (broad SMARTS) is 1. The number of aryl methyl sites for hydroxylation is 1. The van der Waals surface area contributed by atoms with Crippen LogP contribution in [0.3, 0.4) is 0 Å². The van der Waals surface area contributed by atoms with E-state index in [9.17, 15) is 18.4 Å². The largest absolute Gasteiger partial charge is 0.481 e. The predicted octanol–water partition coefficient (Wildman–Crippen LogP) is 1.32. The van der Waals surface area contributed by atoms with E-state index >= 15 is 0 Å². The van der Waals surface area contributed by atoms with Crippen LogP contribution >= 0.6 is 11.8 Å². The second-order valence-corrected chi connectivity index (χ2v) is 4.82. The molecule has 0 saturated carbocycles. The number of nitrogens with zero attached hydrogens (tertiary/aromatic N) is 2. The molecule has 2 aromatic rings. The lowest BCUT2D eigenvalue weighted by Crippen LogP contribution is -2.17. The van der Waals surface area contributed by atoms with Gasteiger partial charge in [-0.15, -0.1) is 5.10 Å². The Morgan fingerprint density at radius 2 is 2.15 bits per heavy atom. The Bertz CT molecular complexity index is 726. The molecule has 1 heterocycles. The molecule has 0 saturated heterocycles. The van der Waals surface area contributed by atoms with Crippen LogP contribution in [0.2, 0.25) is 0 Å². The highest BCUT2D eigenvalue weighted by Gasteiger charge is 2.17. The number of hydrogen-bond donors (Lipinski definition) is 2. The van der Waals surface area contributed by atoms with Gasteiger partial charge < -0.3 is 5.11 Å². The zero-order valence-corrected chi connectivity index (χ0v) is 11.0. The molecule has 6 nitrogen and oxygen atoms in total. The molecule has 106 valence electrons. The van der Waals surface area contributed by atoms with Crippen molar-refractivity contribution in [2.45, 2.75) is 12.1 Å². The summed E-state index contributed by atoms with van der Waals surface area (Å²) in [6.07, 6.45) is 0. The van der Waals surface area contributed by atoms with Gasteiger partial charge in [0.25, 0.3) is 0 Å². The summed E-state index contributed by atoms with van der Waals surface area (Å²) in [5.41, 5.74) is -0.998. The van der Waals surface area contributed by atoms with Crippen LogP contribution in [-0.2, 0) is 4.79 Å². The Morgan fingerprint density at radius 1 is 1.45 bits per heavy atom. The molecule has 0 aliphatic heterocycles. The van der Waals surface area contributed by atoms with Gasteiger partial charge in [0.1, 0.15) is 11.6 Å². The Labute approximate surface area is 115 Å². The van der Waals surface area contributed by atoms with Crippen LogP contribution in [0.5, 0.6) is 0 Å². The zero-order valence-electron chi connectivity index (χ0n) is 10.2. The summed E-state index contributed by atoms with van der Waals surface area (Å²) < 4.78 is 28.2. The third-order valence-electron chi connectivity index (χ3n) is 2.44. The number of aromatic nitrogens is 3. The molecule has 0 fully saturated rings. The van der Waals surface area contributed by atoms with E-state index in [1.807, 2.05) is 0 Å². The number of hydrogen-bond acceptors (Lipinski definition) is 4. The average molecular weight is 301 g/mol. The normalized spacial score (nSPS) is 10.8.